The van der Waals surface area contributed by atoms with Gasteiger partial charge in [0.05, 0.1) is 5.92 Å². The average Bonchev–Trinajstić information content (AvgIpc) is 2.89. The van der Waals surface area contributed by atoms with E-state index in [2.05, 4.69) is 10.2 Å². The van der Waals surface area contributed by atoms with Crippen LogP contribution in [0.2, 0.25) is 0 Å². The highest BCUT2D eigenvalue weighted by atomic mass is 19.2. The maximum Gasteiger partial charge on any atom is 0.170 e. The van der Waals surface area contributed by atoms with Crippen LogP contribution >= 0.6 is 0 Å². The van der Waals surface area contributed by atoms with Crippen molar-refractivity contribution in [2.75, 3.05) is 0 Å². The van der Waals surface area contributed by atoms with Gasteiger partial charge in [0.25, 0.3) is 0 Å². The Morgan fingerprint density at radius 1 is 1.12 bits per heavy atom. The Labute approximate surface area is 141 Å². The molecule has 1 aromatic carbocycles. The SMILES string of the molecule is C[C@H]1C=C(F)C=C(F)C1c1nnc(COc2ccc(F)c(F)c2)n1C. The highest BCUT2D eigenvalue weighted by Gasteiger charge is 2.31. The van der Waals surface area contributed by atoms with Gasteiger partial charge in [0.15, 0.2) is 17.5 Å². The summed E-state index contributed by atoms with van der Waals surface area (Å²) < 4.78 is 60.4. The number of benzene rings is 1. The Morgan fingerprint density at radius 2 is 1.88 bits per heavy atom. The van der Waals surface area contributed by atoms with E-state index in [1.54, 1.807) is 18.5 Å². The van der Waals surface area contributed by atoms with Crippen molar-refractivity contribution in [3.63, 3.8) is 0 Å². The van der Waals surface area contributed by atoms with E-state index in [1.807, 2.05) is 0 Å². The van der Waals surface area contributed by atoms with Crippen LogP contribution in [0.1, 0.15) is 24.5 Å². The fraction of sp³-hybridized carbons (Fsp3) is 0.294. The van der Waals surface area contributed by atoms with E-state index in [0.29, 0.717) is 11.6 Å². The van der Waals surface area contributed by atoms with E-state index in [0.717, 1.165) is 18.2 Å². The molecule has 0 radical (unpaired) electrons. The highest BCUT2D eigenvalue weighted by Crippen LogP contribution is 2.37. The van der Waals surface area contributed by atoms with Crippen LogP contribution in [0.4, 0.5) is 17.6 Å². The predicted molar refractivity (Wildman–Crippen MR) is 82.0 cm³/mol. The minimum absolute atomic E-state index is 0.0643. The monoisotopic (exact) mass is 353 g/mol. The van der Waals surface area contributed by atoms with Crippen molar-refractivity contribution in [1.29, 1.82) is 0 Å². The lowest BCUT2D eigenvalue weighted by atomic mass is 9.88. The predicted octanol–water partition coefficient (Wildman–Crippen LogP) is 4.11. The Kier molecular flexibility index (Phi) is 4.61. The second-order valence-electron chi connectivity index (χ2n) is 5.82. The van der Waals surface area contributed by atoms with Crippen LogP contribution in [0.3, 0.4) is 0 Å². The van der Waals surface area contributed by atoms with Crippen molar-refractivity contribution in [1.82, 2.24) is 14.8 Å². The second kappa shape index (κ2) is 6.70. The van der Waals surface area contributed by atoms with Crippen LogP contribution in [0.25, 0.3) is 0 Å². The molecule has 1 aromatic heterocycles. The quantitative estimate of drug-likeness (QED) is 0.777. The summed E-state index contributed by atoms with van der Waals surface area (Å²) in [6, 6.07) is 3.16. The van der Waals surface area contributed by atoms with Crippen LogP contribution in [0, 0.1) is 17.6 Å². The zero-order chi connectivity index (χ0) is 18.1. The number of allylic oxidation sites excluding steroid dienone is 4. The van der Waals surface area contributed by atoms with Gasteiger partial charge in [0.1, 0.15) is 29.8 Å². The molecule has 0 amide bonds. The molecule has 0 N–H and O–H groups in total. The summed E-state index contributed by atoms with van der Waals surface area (Å²) in [6.07, 6.45) is 2.15. The minimum atomic E-state index is -1.02. The Bertz CT molecular complexity index is 860. The third-order valence-electron chi connectivity index (χ3n) is 4.06. The van der Waals surface area contributed by atoms with Crippen molar-refractivity contribution in [3.8, 4) is 5.75 Å². The van der Waals surface area contributed by atoms with E-state index >= 15 is 0 Å². The fourth-order valence-corrected chi connectivity index (χ4v) is 2.71. The first-order valence-corrected chi connectivity index (χ1v) is 7.57. The summed E-state index contributed by atoms with van der Waals surface area (Å²) in [5.41, 5.74) is 0. The van der Waals surface area contributed by atoms with Gasteiger partial charge < -0.3 is 9.30 Å². The third kappa shape index (κ3) is 3.42. The molecule has 0 saturated carbocycles. The standard InChI is InChI=1S/C17H15F4N3O/c1-9-5-10(18)6-14(21)16(9)17-23-22-15(24(17)2)8-25-11-3-4-12(19)13(20)7-11/h3-7,9,16H,8H2,1-2H3/t9-,16?/m0/s1. The first-order valence-electron chi connectivity index (χ1n) is 7.57. The van der Waals surface area contributed by atoms with E-state index < -0.39 is 35.1 Å². The molecule has 1 aliphatic carbocycles. The lowest BCUT2D eigenvalue weighted by Gasteiger charge is -2.22. The van der Waals surface area contributed by atoms with Crippen LogP contribution in [-0.2, 0) is 13.7 Å². The maximum atomic E-state index is 14.1. The van der Waals surface area contributed by atoms with Gasteiger partial charge in [-0.15, -0.1) is 10.2 Å². The van der Waals surface area contributed by atoms with Gasteiger partial charge in [-0.2, -0.15) is 0 Å². The maximum absolute atomic E-state index is 14.1. The molecule has 4 nitrogen and oxygen atoms in total. The van der Waals surface area contributed by atoms with E-state index in [1.165, 1.54) is 12.1 Å². The van der Waals surface area contributed by atoms with Crippen molar-refractivity contribution in [2.45, 2.75) is 19.4 Å². The van der Waals surface area contributed by atoms with Gasteiger partial charge in [-0.25, -0.2) is 17.6 Å². The second-order valence-corrected chi connectivity index (χ2v) is 5.82. The number of hydrogen-bond acceptors (Lipinski definition) is 3. The van der Waals surface area contributed by atoms with Crippen LogP contribution in [0.5, 0.6) is 5.75 Å². The molecule has 0 fully saturated rings. The molecule has 0 spiro atoms. The van der Waals surface area contributed by atoms with Crippen LogP contribution in [0.15, 0.2) is 42.0 Å². The lowest BCUT2D eigenvalue weighted by Crippen LogP contribution is -2.17. The van der Waals surface area contributed by atoms with Crippen molar-refractivity contribution < 1.29 is 22.3 Å². The summed E-state index contributed by atoms with van der Waals surface area (Å²) >= 11 is 0. The fourth-order valence-electron chi connectivity index (χ4n) is 2.71. The molecule has 0 aliphatic heterocycles. The Morgan fingerprint density at radius 3 is 2.56 bits per heavy atom. The van der Waals surface area contributed by atoms with Gasteiger partial charge in [0.2, 0.25) is 0 Å². The van der Waals surface area contributed by atoms with Gasteiger partial charge >= 0.3 is 0 Å². The number of halogens is 4. The van der Waals surface area contributed by atoms with Crippen LogP contribution < -0.4 is 4.74 Å². The van der Waals surface area contributed by atoms with Crippen molar-refractivity contribution in [2.24, 2.45) is 13.0 Å². The van der Waals surface area contributed by atoms with Gasteiger partial charge in [0, 0.05) is 19.2 Å². The van der Waals surface area contributed by atoms with Gasteiger partial charge in [-0.05, 0) is 24.1 Å². The molecular formula is C17H15F4N3O. The molecular weight excluding hydrogens is 338 g/mol. The molecule has 1 unspecified atom stereocenters. The minimum Gasteiger partial charge on any atom is -0.485 e. The summed E-state index contributed by atoms with van der Waals surface area (Å²) in [4.78, 5) is 0. The summed E-state index contributed by atoms with van der Waals surface area (Å²) in [5.74, 6) is -3.58. The van der Waals surface area contributed by atoms with E-state index in [9.17, 15) is 17.6 Å². The zero-order valence-corrected chi connectivity index (χ0v) is 13.5. The lowest BCUT2D eigenvalue weighted by molar-refractivity contribution is 0.288. The molecule has 1 aliphatic rings. The Balaban J connectivity index is 1.77. The molecule has 0 bridgehead atoms. The number of ether oxygens (including phenoxy) is 1. The third-order valence-corrected chi connectivity index (χ3v) is 4.06. The molecule has 1 heterocycles. The van der Waals surface area contributed by atoms with Crippen molar-refractivity contribution in [3.05, 3.63) is 65.3 Å². The number of aromatic nitrogens is 3. The number of rotatable bonds is 4. The largest absolute Gasteiger partial charge is 0.485 e. The number of hydrogen-bond donors (Lipinski definition) is 0. The molecule has 2 atom stereocenters. The smallest absolute Gasteiger partial charge is 0.170 e. The molecule has 0 saturated heterocycles. The zero-order valence-electron chi connectivity index (χ0n) is 13.5. The molecule has 3 rings (SSSR count). The van der Waals surface area contributed by atoms with Crippen LogP contribution in [-0.4, -0.2) is 14.8 Å². The normalized spacial score (nSPS) is 20.2. The average molecular weight is 353 g/mol. The summed E-state index contributed by atoms with van der Waals surface area (Å²) in [7, 11) is 1.63. The van der Waals surface area contributed by atoms with E-state index in [4.69, 9.17) is 4.74 Å². The molecule has 25 heavy (non-hydrogen) atoms. The van der Waals surface area contributed by atoms with Crippen molar-refractivity contribution >= 4 is 0 Å². The van der Waals surface area contributed by atoms with Gasteiger partial charge in [-0.1, -0.05) is 6.92 Å². The summed E-state index contributed by atoms with van der Waals surface area (Å²) in [5, 5.41) is 7.92. The molecule has 2 aromatic rings. The summed E-state index contributed by atoms with van der Waals surface area (Å²) in [6.45, 7) is 1.62. The molecule has 8 heteroatoms. The van der Waals surface area contributed by atoms with E-state index in [-0.39, 0.29) is 12.4 Å². The van der Waals surface area contributed by atoms with Gasteiger partial charge in [-0.3, -0.25) is 0 Å². The number of nitrogens with zero attached hydrogens (tertiary/aromatic N) is 3. The first-order chi connectivity index (χ1) is 11.9. The first kappa shape index (κ1) is 17.2. The molecule has 132 valence electrons. The highest BCUT2D eigenvalue weighted by molar-refractivity contribution is 5.30. The Hall–Kier alpha value is -2.64. The topological polar surface area (TPSA) is 39.9 Å².